The Morgan fingerprint density at radius 2 is 2.24 bits per heavy atom. The van der Waals surface area contributed by atoms with Gasteiger partial charge in [-0.15, -0.1) is 0 Å². The number of hydrogen-bond donors (Lipinski definition) is 0. The third-order valence-electron chi connectivity index (χ3n) is 3.93. The van der Waals surface area contributed by atoms with E-state index in [9.17, 15) is 14.5 Å². The van der Waals surface area contributed by atoms with E-state index in [1.165, 1.54) is 12.3 Å². The Balaban J connectivity index is 2.03. The van der Waals surface area contributed by atoms with E-state index in [1.54, 1.807) is 24.4 Å². The van der Waals surface area contributed by atoms with Gasteiger partial charge < -0.3 is 4.90 Å². The van der Waals surface area contributed by atoms with Gasteiger partial charge >= 0.3 is 5.69 Å². The average Bonchev–Trinajstić information content (AvgIpc) is 2.47. The molecule has 6 heteroatoms. The first-order chi connectivity index (χ1) is 10.1. The molecule has 5 nitrogen and oxygen atoms in total. The van der Waals surface area contributed by atoms with Crippen LogP contribution in [0.4, 0.5) is 15.8 Å². The molecule has 0 radical (unpaired) electrons. The van der Waals surface area contributed by atoms with Crippen molar-refractivity contribution in [1.82, 2.24) is 4.98 Å². The Bertz CT molecular complexity index is 705. The van der Waals surface area contributed by atoms with Crippen molar-refractivity contribution in [3.8, 4) is 0 Å². The molecule has 21 heavy (non-hydrogen) atoms. The van der Waals surface area contributed by atoms with Crippen LogP contribution in [0.25, 0.3) is 0 Å². The van der Waals surface area contributed by atoms with Crippen molar-refractivity contribution in [2.75, 3.05) is 11.4 Å². The normalized spacial score (nSPS) is 17.4. The van der Waals surface area contributed by atoms with E-state index in [1.807, 2.05) is 11.8 Å². The predicted molar refractivity (Wildman–Crippen MR) is 76.8 cm³/mol. The molecule has 0 saturated carbocycles. The highest BCUT2D eigenvalue weighted by Crippen LogP contribution is 2.37. The SMILES string of the molecule is C[C@H]1c2ccc(F)cc2CCN1c1ccncc1[N+](=O)[O-]. The Kier molecular flexibility index (Phi) is 3.29. The highest BCUT2D eigenvalue weighted by molar-refractivity contribution is 5.64. The molecule has 0 bridgehead atoms. The van der Waals surface area contributed by atoms with Crippen LogP contribution >= 0.6 is 0 Å². The number of benzene rings is 1. The summed E-state index contributed by atoms with van der Waals surface area (Å²) in [6.07, 6.45) is 3.48. The third kappa shape index (κ3) is 2.33. The molecule has 2 heterocycles. The van der Waals surface area contributed by atoms with E-state index in [4.69, 9.17) is 0 Å². The Labute approximate surface area is 121 Å². The number of nitrogens with zero attached hydrogens (tertiary/aromatic N) is 3. The zero-order chi connectivity index (χ0) is 15.0. The highest BCUT2D eigenvalue weighted by atomic mass is 19.1. The number of rotatable bonds is 2. The highest BCUT2D eigenvalue weighted by Gasteiger charge is 2.28. The summed E-state index contributed by atoms with van der Waals surface area (Å²) in [5.74, 6) is -0.246. The molecule has 1 aliphatic rings. The quantitative estimate of drug-likeness (QED) is 0.628. The molecule has 0 spiro atoms. The summed E-state index contributed by atoms with van der Waals surface area (Å²) in [5.41, 5.74) is 2.52. The molecule has 2 aromatic rings. The average molecular weight is 287 g/mol. The van der Waals surface area contributed by atoms with Gasteiger partial charge in [0.05, 0.1) is 11.0 Å². The van der Waals surface area contributed by atoms with Crippen LogP contribution in [-0.2, 0) is 6.42 Å². The second kappa shape index (κ2) is 5.12. The predicted octanol–water partition coefficient (Wildman–Crippen LogP) is 3.25. The summed E-state index contributed by atoms with van der Waals surface area (Å²) in [4.78, 5) is 16.5. The van der Waals surface area contributed by atoms with Gasteiger partial charge in [-0.2, -0.15) is 0 Å². The van der Waals surface area contributed by atoms with Crippen LogP contribution in [0.15, 0.2) is 36.7 Å². The summed E-state index contributed by atoms with van der Waals surface area (Å²) in [6, 6.07) is 6.34. The van der Waals surface area contributed by atoms with Gasteiger partial charge in [-0.25, -0.2) is 4.39 Å². The van der Waals surface area contributed by atoms with E-state index in [0.717, 1.165) is 11.1 Å². The van der Waals surface area contributed by atoms with Gasteiger partial charge in [-0.3, -0.25) is 15.1 Å². The molecule has 1 aliphatic heterocycles. The fourth-order valence-electron chi connectivity index (χ4n) is 2.89. The van der Waals surface area contributed by atoms with Crippen LogP contribution in [0.2, 0.25) is 0 Å². The molecule has 0 aliphatic carbocycles. The number of nitro groups is 1. The molecule has 108 valence electrons. The van der Waals surface area contributed by atoms with Crippen molar-refractivity contribution in [2.45, 2.75) is 19.4 Å². The fraction of sp³-hybridized carbons (Fsp3) is 0.267. The van der Waals surface area contributed by atoms with E-state index in [0.29, 0.717) is 18.7 Å². The van der Waals surface area contributed by atoms with E-state index >= 15 is 0 Å². The summed E-state index contributed by atoms with van der Waals surface area (Å²) < 4.78 is 13.3. The number of fused-ring (bicyclic) bond motifs is 1. The molecule has 0 fully saturated rings. The van der Waals surface area contributed by atoms with Crippen molar-refractivity contribution in [3.63, 3.8) is 0 Å². The minimum atomic E-state index is -0.421. The smallest absolute Gasteiger partial charge is 0.310 e. The maximum absolute atomic E-state index is 13.3. The van der Waals surface area contributed by atoms with Gasteiger partial charge in [0.1, 0.15) is 17.7 Å². The van der Waals surface area contributed by atoms with E-state index in [2.05, 4.69) is 4.98 Å². The number of halogens is 1. The minimum Gasteiger partial charge on any atom is -0.359 e. The summed E-state index contributed by atoms with van der Waals surface area (Å²) in [6.45, 7) is 2.59. The molecular weight excluding hydrogens is 273 g/mol. The number of aromatic nitrogens is 1. The largest absolute Gasteiger partial charge is 0.359 e. The van der Waals surface area contributed by atoms with Crippen molar-refractivity contribution in [2.24, 2.45) is 0 Å². The lowest BCUT2D eigenvalue weighted by molar-refractivity contribution is -0.384. The lowest BCUT2D eigenvalue weighted by Gasteiger charge is -2.36. The van der Waals surface area contributed by atoms with E-state index in [-0.39, 0.29) is 17.5 Å². The minimum absolute atomic E-state index is 0.00471. The topological polar surface area (TPSA) is 59.3 Å². The van der Waals surface area contributed by atoms with Crippen molar-refractivity contribution in [1.29, 1.82) is 0 Å². The molecule has 0 saturated heterocycles. The Morgan fingerprint density at radius 1 is 1.43 bits per heavy atom. The maximum atomic E-state index is 13.3. The van der Waals surface area contributed by atoms with Gasteiger partial charge in [-0.1, -0.05) is 6.07 Å². The first kappa shape index (κ1) is 13.5. The molecule has 0 amide bonds. The number of pyridine rings is 1. The molecule has 1 aromatic carbocycles. The molecular formula is C15H14FN3O2. The van der Waals surface area contributed by atoms with Crippen molar-refractivity contribution < 1.29 is 9.31 Å². The van der Waals surface area contributed by atoms with Gasteiger partial charge in [0.15, 0.2) is 0 Å². The monoisotopic (exact) mass is 287 g/mol. The summed E-state index contributed by atoms with van der Waals surface area (Å²) >= 11 is 0. The first-order valence-corrected chi connectivity index (χ1v) is 6.71. The molecule has 0 N–H and O–H groups in total. The fourth-order valence-corrected chi connectivity index (χ4v) is 2.89. The molecule has 1 atom stereocenters. The Morgan fingerprint density at radius 3 is 3.00 bits per heavy atom. The molecule has 0 unspecified atom stereocenters. The van der Waals surface area contributed by atoms with E-state index < -0.39 is 4.92 Å². The molecule has 3 rings (SSSR count). The summed E-state index contributed by atoms with van der Waals surface area (Å²) in [7, 11) is 0. The van der Waals surface area contributed by atoms with Crippen molar-refractivity contribution in [3.05, 3.63) is 63.7 Å². The summed E-state index contributed by atoms with van der Waals surface area (Å²) in [5, 5.41) is 11.2. The zero-order valence-electron chi connectivity index (χ0n) is 11.5. The third-order valence-corrected chi connectivity index (χ3v) is 3.93. The standard InChI is InChI=1S/C15H14FN3O2/c1-10-13-3-2-12(16)8-11(13)5-7-18(10)14-4-6-17-9-15(14)19(20)21/h2-4,6,8-10H,5,7H2,1H3/t10-/m0/s1. The van der Waals surface area contributed by atoms with Gasteiger partial charge in [-0.05, 0) is 42.7 Å². The molecule has 1 aromatic heterocycles. The van der Waals surface area contributed by atoms with Gasteiger partial charge in [0.2, 0.25) is 0 Å². The second-order valence-electron chi connectivity index (χ2n) is 5.08. The van der Waals surface area contributed by atoms with Crippen molar-refractivity contribution >= 4 is 11.4 Å². The lowest BCUT2D eigenvalue weighted by Crippen LogP contribution is -2.34. The van der Waals surface area contributed by atoms with Gasteiger partial charge in [0.25, 0.3) is 0 Å². The number of hydrogen-bond acceptors (Lipinski definition) is 4. The van der Waals surface area contributed by atoms with Crippen LogP contribution in [0.3, 0.4) is 0 Å². The van der Waals surface area contributed by atoms with Crippen LogP contribution < -0.4 is 4.90 Å². The maximum Gasteiger partial charge on any atom is 0.310 e. The Hall–Kier alpha value is -2.50. The van der Waals surface area contributed by atoms with Crippen LogP contribution in [-0.4, -0.2) is 16.5 Å². The second-order valence-corrected chi connectivity index (χ2v) is 5.08. The number of anilines is 1. The first-order valence-electron chi connectivity index (χ1n) is 6.71. The van der Waals surface area contributed by atoms with Crippen LogP contribution in [0, 0.1) is 15.9 Å². The lowest BCUT2D eigenvalue weighted by atomic mass is 9.93. The van der Waals surface area contributed by atoms with Crippen LogP contribution in [0.5, 0.6) is 0 Å². The van der Waals surface area contributed by atoms with Crippen LogP contribution in [0.1, 0.15) is 24.1 Å². The van der Waals surface area contributed by atoms with Gasteiger partial charge in [0, 0.05) is 12.7 Å². The zero-order valence-corrected chi connectivity index (χ0v) is 11.5.